The van der Waals surface area contributed by atoms with E-state index in [0.29, 0.717) is 31.0 Å². The maximum Gasteiger partial charge on any atom is 0.317 e. The fourth-order valence-electron chi connectivity index (χ4n) is 3.49. The average molecular weight is 297 g/mol. The van der Waals surface area contributed by atoms with E-state index in [1.165, 1.54) is 6.42 Å². The first-order valence-corrected chi connectivity index (χ1v) is 8.38. The summed E-state index contributed by atoms with van der Waals surface area (Å²) in [6.07, 6.45) is 3.50. The van der Waals surface area contributed by atoms with Gasteiger partial charge in [-0.3, -0.25) is 0 Å². The molecule has 2 fully saturated rings. The number of hydrogen-bond donors (Lipinski definition) is 1. The van der Waals surface area contributed by atoms with E-state index in [1.54, 1.807) is 0 Å². The number of hydrogen-bond acceptors (Lipinski definition) is 3. The number of nitrogens with zero attached hydrogens (tertiary/aromatic N) is 2. The minimum Gasteiger partial charge on any atom is -0.379 e. The molecule has 5 heteroatoms. The third-order valence-corrected chi connectivity index (χ3v) is 4.51. The van der Waals surface area contributed by atoms with E-state index >= 15 is 0 Å². The Morgan fingerprint density at radius 3 is 2.90 bits per heavy atom. The van der Waals surface area contributed by atoms with Gasteiger partial charge >= 0.3 is 6.03 Å². The number of amides is 2. The van der Waals surface area contributed by atoms with Crippen LogP contribution in [-0.2, 0) is 4.74 Å². The maximum absolute atomic E-state index is 12.4. The highest BCUT2D eigenvalue weighted by atomic mass is 16.5. The summed E-state index contributed by atoms with van der Waals surface area (Å²) in [5.74, 6) is 1.20. The molecule has 2 aliphatic heterocycles. The smallest absolute Gasteiger partial charge is 0.317 e. The van der Waals surface area contributed by atoms with Gasteiger partial charge in [-0.05, 0) is 44.7 Å². The highest BCUT2D eigenvalue weighted by Crippen LogP contribution is 2.29. The van der Waals surface area contributed by atoms with Crippen LogP contribution in [-0.4, -0.2) is 68.3 Å². The van der Waals surface area contributed by atoms with Crippen molar-refractivity contribution in [1.82, 2.24) is 15.1 Å². The van der Waals surface area contributed by atoms with Gasteiger partial charge in [-0.2, -0.15) is 0 Å². The zero-order valence-electron chi connectivity index (χ0n) is 13.8. The zero-order valence-corrected chi connectivity index (χ0v) is 13.8. The minimum atomic E-state index is 0.0994. The Hall–Kier alpha value is -0.810. The van der Waals surface area contributed by atoms with Gasteiger partial charge in [-0.15, -0.1) is 0 Å². The minimum absolute atomic E-state index is 0.0994. The second kappa shape index (κ2) is 7.99. The van der Waals surface area contributed by atoms with Crippen LogP contribution in [0.2, 0.25) is 0 Å². The molecule has 2 atom stereocenters. The van der Waals surface area contributed by atoms with Crippen molar-refractivity contribution in [2.24, 2.45) is 11.8 Å². The Morgan fingerprint density at radius 2 is 2.14 bits per heavy atom. The number of nitrogens with one attached hydrogen (secondary N) is 1. The SMILES string of the molecule is CC(C)COCCNC(=O)N1CCC[C@H]2CN(C)CC[C@@H]21. The summed E-state index contributed by atoms with van der Waals surface area (Å²) >= 11 is 0. The summed E-state index contributed by atoms with van der Waals surface area (Å²) in [5, 5.41) is 3.02. The van der Waals surface area contributed by atoms with Crippen LogP contribution >= 0.6 is 0 Å². The fraction of sp³-hybridized carbons (Fsp3) is 0.938. The molecule has 122 valence electrons. The second-order valence-corrected chi connectivity index (χ2v) is 6.91. The lowest BCUT2D eigenvalue weighted by atomic mass is 9.84. The lowest BCUT2D eigenvalue weighted by molar-refractivity contribution is 0.0517. The third kappa shape index (κ3) is 4.85. The Labute approximate surface area is 129 Å². The Kier molecular flexibility index (Phi) is 6.30. The van der Waals surface area contributed by atoms with Crippen molar-refractivity contribution in [3.05, 3.63) is 0 Å². The van der Waals surface area contributed by atoms with Crippen LogP contribution < -0.4 is 5.32 Å². The van der Waals surface area contributed by atoms with Gasteiger partial charge in [0.1, 0.15) is 0 Å². The molecule has 0 unspecified atom stereocenters. The molecule has 5 nitrogen and oxygen atoms in total. The van der Waals surface area contributed by atoms with E-state index in [-0.39, 0.29) is 6.03 Å². The number of rotatable bonds is 5. The van der Waals surface area contributed by atoms with Crippen molar-refractivity contribution in [1.29, 1.82) is 0 Å². The van der Waals surface area contributed by atoms with Gasteiger partial charge in [0.15, 0.2) is 0 Å². The number of likely N-dealkylation sites (tertiary alicyclic amines) is 2. The summed E-state index contributed by atoms with van der Waals surface area (Å²) in [7, 11) is 2.18. The normalized spacial score (nSPS) is 26.8. The number of piperidine rings is 2. The molecule has 0 radical (unpaired) electrons. The van der Waals surface area contributed by atoms with E-state index < -0.39 is 0 Å². The maximum atomic E-state index is 12.4. The molecule has 0 aliphatic carbocycles. The molecule has 0 aromatic rings. The molecule has 21 heavy (non-hydrogen) atoms. The lowest BCUT2D eigenvalue weighted by Gasteiger charge is -2.46. The Balaban J connectivity index is 1.73. The van der Waals surface area contributed by atoms with Crippen molar-refractivity contribution in [3.8, 4) is 0 Å². The van der Waals surface area contributed by atoms with Gasteiger partial charge < -0.3 is 19.9 Å². The van der Waals surface area contributed by atoms with E-state index in [1.807, 2.05) is 0 Å². The number of carbonyl (C=O) groups excluding carboxylic acids is 1. The molecule has 2 aliphatic rings. The van der Waals surface area contributed by atoms with Crippen molar-refractivity contribution in [2.45, 2.75) is 39.2 Å². The fourth-order valence-corrected chi connectivity index (χ4v) is 3.49. The predicted octanol–water partition coefficient (Wildman–Crippen LogP) is 1.78. The van der Waals surface area contributed by atoms with Crippen LogP contribution in [0.25, 0.3) is 0 Å². The van der Waals surface area contributed by atoms with Crippen LogP contribution in [0, 0.1) is 11.8 Å². The summed E-state index contributed by atoms with van der Waals surface area (Å²) in [4.78, 5) is 16.8. The van der Waals surface area contributed by atoms with Gasteiger partial charge in [0.25, 0.3) is 0 Å². The molecule has 0 aromatic carbocycles. The van der Waals surface area contributed by atoms with Gasteiger partial charge in [0.05, 0.1) is 6.61 Å². The first-order chi connectivity index (χ1) is 10.1. The van der Waals surface area contributed by atoms with E-state index in [0.717, 1.165) is 39.1 Å². The molecular weight excluding hydrogens is 266 g/mol. The van der Waals surface area contributed by atoms with Crippen LogP contribution in [0.5, 0.6) is 0 Å². The average Bonchev–Trinajstić information content (AvgIpc) is 2.45. The molecular formula is C16H31N3O2. The standard InChI is InChI=1S/C16H31N3O2/c1-13(2)12-21-10-7-17-16(20)19-8-4-5-14-11-18(3)9-6-15(14)19/h13-15H,4-12H2,1-3H3,(H,17,20)/t14-,15-/m0/s1. The predicted molar refractivity (Wildman–Crippen MR) is 84.4 cm³/mol. The van der Waals surface area contributed by atoms with Gasteiger partial charge in [0.2, 0.25) is 0 Å². The van der Waals surface area contributed by atoms with Crippen molar-refractivity contribution < 1.29 is 9.53 Å². The third-order valence-electron chi connectivity index (χ3n) is 4.51. The molecule has 0 aromatic heterocycles. The number of urea groups is 1. The molecule has 0 spiro atoms. The molecule has 1 N–H and O–H groups in total. The Morgan fingerprint density at radius 1 is 1.33 bits per heavy atom. The molecule has 0 saturated carbocycles. The zero-order chi connectivity index (χ0) is 15.2. The van der Waals surface area contributed by atoms with E-state index in [9.17, 15) is 4.79 Å². The highest BCUT2D eigenvalue weighted by molar-refractivity contribution is 5.74. The summed E-state index contributed by atoms with van der Waals surface area (Å²) in [6, 6.07) is 0.536. The summed E-state index contributed by atoms with van der Waals surface area (Å²) < 4.78 is 5.51. The van der Waals surface area contributed by atoms with Crippen LogP contribution in [0.4, 0.5) is 4.79 Å². The number of carbonyl (C=O) groups is 1. The highest BCUT2D eigenvalue weighted by Gasteiger charge is 2.37. The summed E-state index contributed by atoms with van der Waals surface area (Å²) in [5.41, 5.74) is 0. The Bertz CT molecular complexity index is 335. The van der Waals surface area contributed by atoms with Gasteiger partial charge in [-0.25, -0.2) is 4.79 Å². The quantitative estimate of drug-likeness (QED) is 0.787. The molecule has 2 amide bonds. The second-order valence-electron chi connectivity index (χ2n) is 6.91. The first kappa shape index (κ1) is 16.6. The molecule has 2 saturated heterocycles. The van der Waals surface area contributed by atoms with E-state index in [2.05, 4.69) is 36.0 Å². The molecule has 0 bridgehead atoms. The van der Waals surface area contributed by atoms with Crippen molar-refractivity contribution >= 4 is 6.03 Å². The van der Waals surface area contributed by atoms with Crippen LogP contribution in [0.1, 0.15) is 33.1 Å². The molecule has 2 rings (SSSR count). The molecule has 2 heterocycles. The van der Waals surface area contributed by atoms with Crippen molar-refractivity contribution in [3.63, 3.8) is 0 Å². The van der Waals surface area contributed by atoms with Gasteiger partial charge in [0, 0.05) is 32.3 Å². The lowest BCUT2D eigenvalue weighted by Crippen LogP contribution is -2.57. The van der Waals surface area contributed by atoms with Gasteiger partial charge in [-0.1, -0.05) is 13.8 Å². The first-order valence-electron chi connectivity index (χ1n) is 8.38. The number of ether oxygens (including phenoxy) is 1. The van der Waals surface area contributed by atoms with Crippen LogP contribution in [0.15, 0.2) is 0 Å². The monoisotopic (exact) mass is 297 g/mol. The summed E-state index contributed by atoms with van der Waals surface area (Å²) in [6.45, 7) is 9.38. The van der Waals surface area contributed by atoms with E-state index in [4.69, 9.17) is 4.74 Å². The largest absolute Gasteiger partial charge is 0.379 e. The van der Waals surface area contributed by atoms with Crippen molar-refractivity contribution in [2.75, 3.05) is 46.4 Å². The van der Waals surface area contributed by atoms with Crippen LogP contribution in [0.3, 0.4) is 0 Å². The topological polar surface area (TPSA) is 44.8 Å². The number of fused-ring (bicyclic) bond motifs is 1.